The molecule has 0 fully saturated rings. The fraction of sp³-hybridized carbons (Fsp3) is 0.407. The van der Waals surface area contributed by atoms with E-state index in [1.165, 1.54) is 13.8 Å². The maximum Gasteiger partial charge on any atom is 1.00 e. The van der Waals surface area contributed by atoms with Gasteiger partial charge in [0, 0.05) is 26.2 Å². The Morgan fingerprint density at radius 1 is 0.727 bits per heavy atom. The molecule has 17 heteroatoms. The van der Waals surface area contributed by atoms with Crippen molar-refractivity contribution >= 4 is 89.4 Å². The van der Waals surface area contributed by atoms with Crippen molar-refractivity contribution in [3.63, 3.8) is 0 Å². The molecule has 2 aliphatic heterocycles. The molecule has 2 heterocycles. The van der Waals surface area contributed by atoms with Crippen molar-refractivity contribution in [2.24, 2.45) is 0 Å². The zero-order chi connectivity index (χ0) is 32.0. The summed E-state index contributed by atoms with van der Waals surface area (Å²) in [7, 11) is -9.18. The van der Waals surface area contributed by atoms with Gasteiger partial charge in [0.25, 0.3) is 0 Å². The molecule has 0 bridgehead atoms. The molecule has 0 N–H and O–H groups in total. The third kappa shape index (κ3) is 7.62. The molecular weight excluding hydrogens is 705 g/mol. The SMILES string of the molecule is CCN1/C(=C/C=C/C2N(CC)c3cc(Cl)c(Cl)cc3N2CC(C)S(=O)(=O)[O-])N(CC(C)S(=O)(=O)[O-])c2cc(Cl)c(Cl)cc21.[Na+]. The number of nitrogens with zero attached hydrogens (tertiary/aromatic N) is 4. The molecule has 0 radical (unpaired) electrons. The number of anilines is 4. The molecule has 0 aliphatic carbocycles. The number of benzene rings is 2. The van der Waals surface area contributed by atoms with Crippen molar-refractivity contribution in [1.29, 1.82) is 0 Å². The van der Waals surface area contributed by atoms with Gasteiger partial charge in [0.1, 0.15) is 12.0 Å². The molecule has 2 aromatic rings. The standard InChI is InChI=1S/C27H32Cl4N4O6S2.Na/c1-5-32-22-10-18(28)20(30)12-24(22)34(14-16(3)42(36,37)38)26(32)8-7-9-27-33(6-2)23-11-19(29)21(31)13-25(23)35(27)15-17(4)43(39,40)41;/h7-13,16-17,26H,5-6,14-15H2,1-4H3,(H,36,37,38)(H,39,40,41);/q;+1/p-2/b8-7+,27-9-;. The fourth-order valence-electron chi connectivity index (χ4n) is 5.22. The number of fused-ring (bicyclic) bond motifs is 2. The molecule has 0 saturated carbocycles. The molecule has 0 spiro atoms. The van der Waals surface area contributed by atoms with Crippen LogP contribution in [0.3, 0.4) is 0 Å². The zero-order valence-corrected chi connectivity index (χ0v) is 31.3. The molecule has 236 valence electrons. The summed E-state index contributed by atoms with van der Waals surface area (Å²) in [4.78, 5) is 7.38. The van der Waals surface area contributed by atoms with E-state index < -0.39 is 36.9 Å². The summed E-state index contributed by atoms with van der Waals surface area (Å²) in [6.07, 6.45) is 4.82. The van der Waals surface area contributed by atoms with Crippen LogP contribution in [0.4, 0.5) is 22.7 Å². The van der Waals surface area contributed by atoms with Crippen LogP contribution in [0.1, 0.15) is 27.7 Å². The van der Waals surface area contributed by atoms with Gasteiger partial charge in [-0.3, -0.25) is 0 Å². The number of likely N-dealkylation sites (N-methyl/N-ethyl adjacent to an activating group) is 1. The van der Waals surface area contributed by atoms with E-state index in [0.29, 0.717) is 46.0 Å². The van der Waals surface area contributed by atoms with E-state index in [0.717, 1.165) is 5.69 Å². The Balaban J connectivity index is 0.00000529. The fourth-order valence-corrected chi connectivity index (χ4v) is 6.53. The normalized spacial score (nSPS) is 19.0. The minimum atomic E-state index is -4.60. The summed E-state index contributed by atoms with van der Waals surface area (Å²) in [5.41, 5.74) is 2.63. The van der Waals surface area contributed by atoms with Crippen molar-refractivity contribution in [2.75, 3.05) is 45.8 Å². The third-order valence-corrected chi connectivity index (χ3v) is 11.2. The second-order valence-corrected chi connectivity index (χ2v) is 15.4. The Bertz CT molecular complexity index is 1690. The Hall–Kier alpha value is -0.900. The molecule has 3 unspecified atom stereocenters. The van der Waals surface area contributed by atoms with Gasteiger partial charge in [-0.2, -0.15) is 0 Å². The van der Waals surface area contributed by atoms with E-state index in [1.807, 2.05) is 29.7 Å². The number of rotatable bonds is 10. The number of hydrogen-bond donors (Lipinski definition) is 0. The van der Waals surface area contributed by atoms with E-state index in [9.17, 15) is 25.9 Å². The van der Waals surface area contributed by atoms with Gasteiger partial charge >= 0.3 is 29.6 Å². The molecule has 2 aliphatic rings. The number of hydrogen-bond acceptors (Lipinski definition) is 10. The Morgan fingerprint density at radius 3 is 1.61 bits per heavy atom. The van der Waals surface area contributed by atoms with Crippen molar-refractivity contribution in [3.05, 3.63) is 68.4 Å². The zero-order valence-electron chi connectivity index (χ0n) is 24.7. The van der Waals surface area contributed by atoms with Crippen LogP contribution in [-0.4, -0.2) is 68.8 Å². The summed E-state index contributed by atoms with van der Waals surface area (Å²) in [6, 6.07) is 6.65. The molecular formula is C27H30Cl4N4NaO6S2-. The summed E-state index contributed by atoms with van der Waals surface area (Å²) in [5, 5.41) is -1.26. The molecule has 2 aromatic carbocycles. The van der Waals surface area contributed by atoms with Crippen LogP contribution in [0.25, 0.3) is 0 Å². The minimum Gasteiger partial charge on any atom is -0.748 e. The van der Waals surface area contributed by atoms with Crippen LogP contribution >= 0.6 is 46.4 Å². The first-order valence-corrected chi connectivity index (χ1v) is 17.8. The van der Waals surface area contributed by atoms with Crippen molar-refractivity contribution in [2.45, 2.75) is 44.4 Å². The molecule has 10 nitrogen and oxygen atoms in total. The van der Waals surface area contributed by atoms with Crippen LogP contribution in [0.15, 0.2) is 48.3 Å². The van der Waals surface area contributed by atoms with Gasteiger partial charge in [-0.1, -0.05) is 52.5 Å². The van der Waals surface area contributed by atoms with E-state index in [-0.39, 0.29) is 52.7 Å². The largest absolute Gasteiger partial charge is 1.00 e. The Labute approximate surface area is 300 Å². The summed E-state index contributed by atoms with van der Waals surface area (Å²) < 4.78 is 71.1. The van der Waals surface area contributed by atoms with Gasteiger partial charge in [-0.25, -0.2) is 16.8 Å². The van der Waals surface area contributed by atoms with Gasteiger partial charge in [-0.15, -0.1) is 0 Å². The van der Waals surface area contributed by atoms with Crippen LogP contribution in [0.2, 0.25) is 20.1 Å². The first kappa shape index (κ1) is 37.6. The molecule has 0 amide bonds. The maximum absolute atomic E-state index is 11.9. The molecule has 44 heavy (non-hydrogen) atoms. The Kier molecular flexibility index (Phi) is 12.4. The number of allylic oxidation sites excluding steroid dienone is 2. The van der Waals surface area contributed by atoms with E-state index in [4.69, 9.17) is 46.4 Å². The molecule has 0 aromatic heterocycles. The monoisotopic (exact) mass is 733 g/mol. The van der Waals surface area contributed by atoms with Gasteiger partial charge in [0.15, 0.2) is 0 Å². The quantitative estimate of drug-likeness (QED) is 0.266. The predicted octanol–water partition coefficient (Wildman–Crippen LogP) is 2.89. The van der Waals surface area contributed by atoms with Crippen LogP contribution in [0.5, 0.6) is 0 Å². The van der Waals surface area contributed by atoms with Crippen molar-refractivity contribution in [3.8, 4) is 0 Å². The predicted molar refractivity (Wildman–Crippen MR) is 173 cm³/mol. The topological polar surface area (TPSA) is 127 Å². The second-order valence-electron chi connectivity index (χ2n) is 10.2. The maximum atomic E-state index is 11.9. The molecule has 4 rings (SSSR count). The van der Waals surface area contributed by atoms with Crippen molar-refractivity contribution < 1.29 is 55.5 Å². The van der Waals surface area contributed by atoms with E-state index >= 15 is 0 Å². The van der Waals surface area contributed by atoms with Crippen LogP contribution in [0, 0.1) is 0 Å². The van der Waals surface area contributed by atoms with E-state index in [1.54, 1.807) is 46.2 Å². The molecule has 3 atom stereocenters. The summed E-state index contributed by atoms with van der Waals surface area (Å²) in [5.74, 6) is 0.578. The van der Waals surface area contributed by atoms with Gasteiger partial charge < -0.3 is 28.7 Å². The second kappa shape index (κ2) is 14.5. The summed E-state index contributed by atoms with van der Waals surface area (Å²) in [6.45, 7) is 7.29. The van der Waals surface area contributed by atoms with Gasteiger partial charge in [-0.05, 0) is 64.1 Å². The van der Waals surface area contributed by atoms with Gasteiger partial charge in [0.2, 0.25) is 0 Å². The summed E-state index contributed by atoms with van der Waals surface area (Å²) >= 11 is 25.3. The van der Waals surface area contributed by atoms with E-state index in [2.05, 4.69) is 0 Å². The van der Waals surface area contributed by atoms with Gasteiger partial charge in [0.05, 0.1) is 73.6 Å². The average molecular weight is 735 g/mol. The first-order chi connectivity index (χ1) is 20.0. The smallest absolute Gasteiger partial charge is 0.748 e. The van der Waals surface area contributed by atoms with Crippen molar-refractivity contribution in [1.82, 2.24) is 0 Å². The Morgan fingerprint density at radius 2 is 1.16 bits per heavy atom. The molecule has 0 saturated heterocycles. The average Bonchev–Trinajstić information content (AvgIpc) is 3.34. The third-order valence-electron chi connectivity index (χ3n) is 7.49. The minimum absolute atomic E-state index is 0. The first-order valence-electron chi connectivity index (χ1n) is 13.3. The number of halogens is 4. The van der Waals surface area contributed by atoms with Crippen LogP contribution < -0.4 is 49.2 Å². The van der Waals surface area contributed by atoms with Crippen LogP contribution in [-0.2, 0) is 20.2 Å².